The molecule has 1 aliphatic rings. The minimum absolute atomic E-state index is 0.689. The molecule has 1 saturated heterocycles. The summed E-state index contributed by atoms with van der Waals surface area (Å²) >= 11 is 0. The van der Waals surface area contributed by atoms with Crippen LogP contribution in [0.4, 0.5) is 8.78 Å². The van der Waals surface area contributed by atoms with Gasteiger partial charge in [0.1, 0.15) is 0 Å². The fourth-order valence-electron chi connectivity index (χ4n) is 1.09. The minimum atomic E-state index is -1.75. The second kappa shape index (κ2) is 7.43. The fraction of sp³-hybridized carbons (Fsp3) is 1.00. The van der Waals surface area contributed by atoms with Gasteiger partial charge in [0.05, 0.1) is 13.2 Å². The van der Waals surface area contributed by atoms with E-state index in [-0.39, 0.29) is 0 Å². The van der Waals surface area contributed by atoms with Crippen LogP contribution < -0.4 is 0 Å². The lowest BCUT2D eigenvalue weighted by Gasteiger charge is -2.29. The Morgan fingerprint density at radius 2 is 1.67 bits per heavy atom. The Hall–Kier alpha value is -0.220. The van der Waals surface area contributed by atoms with Crippen LogP contribution in [0.15, 0.2) is 0 Å². The summed E-state index contributed by atoms with van der Waals surface area (Å²) in [4.78, 5) is 2.43. The van der Waals surface area contributed by atoms with E-state index in [2.05, 4.69) is 18.7 Å². The molecule has 1 heterocycles. The number of halogens is 2. The van der Waals surface area contributed by atoms with E-state index in [0.717, 1.165) is 26.3 Å². The number of hydrogen-bond donors (Lipinski definition) is 0. The maximum absolute atomic E-state index is 9.62. The van der Waals surface area contributed by atoms with Crippen LogP contribution in [-0.4, -0.2) is 44.2 Å². The van der Waals surface area contributed by atoms with Gasteiger partial charge in [-0.1, -0.05) is 0 Å². The van der Waals surface area contributed by atoms with Crippen LogP contribution in [0.5, 0.6) is 0 Å². The molecule has 0 aromatic carbocycles. The SMILES string of the molecule is CC(C)N1CCOCC1.FCF. The lowest BCUT2D eigenvalue weighted by molar-refractivity contribution is 0.0238. The second-order valence-electron chi connectivity index (χ2n) is 2.84. The molecule has 0 amide bonds. The molecule has 0 saturated carbocycles. The zero-order valence-corrected chi connectivity index (χ0v) is 7.72. The van der Waals surface area contributed by atoms with Crippen LogP contribution in [-0.2, 0) is 4.74 Å². The van der Waals surface area contributed by atoms with Crippen molar-refractivity contribution >= 4 is 0 Å². The highest BCUT2D eigenvalue weighted by Crippen LogP contribution is 2.01. The molecule has 2 nitrogen and oxygen atoms in total. The first kappa shape index (κ1) is 11.8. The standard InChI is InChI=1S/C7H15NO.CH2F2/c1-7(2)8-3-5-9-6-4-8;2-1-3/h7H,3-6H2,1-2H3;1H2. The molecule has 1 aliphatic heterocycles. The van der Waals surface area contributed by atoms with Crippen LogP contribution in [0.2, 0.25) is 0 Å². The first-order valence-electron chi connectivity index (χ1n) is 4.16. The monoisotopic (exact) mass is 181 g/mol. The lowest BCUT2D eigenvalue weighted by Crippen LogP contribution is -2.40. The van der Waals surface area contributed by atoms with E-state index < -0.39 is 6.93 Å². The van der Waals surface area contributed by atoms with E-state index in [4.69, 9.17) is 4.74 Å². The average Bonchev–Trinajstić information content (AvgIpc) is 2.07. The second-order valence-corrected chi connectivity index (χ2v) is 2.84. The number of morpholine rings is 1. The van der Waals surface area contributed by atoms with Crippen LogP contribution in [0.1, 0.15) is 13.8 Å². The highest BCUT2D eigenvalue weighted by molar-refractivity contribution is 4.64. The zero-order valence-electron chi connectivity index (χ0n) is 7.72. The quantitative estimate of drug-likeness (QED) is 0.609. The number of nitrogens with zero attached hydrogens (tertiary/aromatic N) is 1. The van der Waals surface area contributed by atoms with Gasteiger partial charge in [0.25, 0.3) is 0 Å². The normalized spacial score (nSPS) is 18.8. The topological polar surface area (TPSA) is 12.5 Å². The predicted molar refractivity (Wildman–Crippen MR) is 44.6 cm³/mol. The van der Waals surface area contributed by atoms with Crippen molar-refractivity contribution in [3.8, 4) is 0 Å². The van der Waals surface area contributed by atoms with Crippen molar-refractivity contribution in [3.63, 3.8) is 0 Å². The summed E-state index contributed by atoms with van der Waals surface area (Å²) in [5.41, 5.74) is 0. The summed E-state index contributed by atoms with van der Waals surface area (Å²) in [6, 6.07) is 0.689. The smallest absolute Gasteiger partial charge is 0.229 e. The summed E-state index contributed by atoms with van der Waals surface area (Å²) in [5, 5.41) is 0. The lowest BCUT2D eigenvalue weighted by atomic mass is 10.3. The molecule has 0 atom stereocenters. The van der Waals surface area contributed by atoms with Gasteiger partial charge in [-0.05, 0) is 13.8 Å². The third kappa shape index (κ3) is 5.43. The van der Waals surface area contributed by atoms with E-state index in [1.165, 1.54) is 0 Å². The molecule has 0 radical (unpaired) electrons. The first-order chi connectivity index (χ1) is 5.72. The van der Waals surface area contributed by atoms with E-state index in [9.17, 15) is 8.78 Å². The van der Waals surface area contributed by atoms with Crippen molar-refractivity contribution in [1.29, 1.82) is 0 Å². The molecule has 0 bridgehead atoms. The minimum Gasteiger partial charge on any atom is -0.379 e. The van der Waals surface area contributed by atoms with Gasteiger partial charge in [0.15, 0.2) is 0 Å². The molecule has 4 heteroatoms. The molecule has 1 rings (SSSR count). The van der Waals surface area contributed by atoms with Gasteiger partial charge in [-0.25, -0.2) is 8.78 Å². The predicted octanol–water partition coefficient (Wildman–Crippen LogP) is 1.61. The average molecular weight is 181 g/mol. The van der Waals surface area contributed by atoms with Gasteiger partial charge < -0.3 is 4.74 Å². The Morgan fingerprint density at radius 1 is 1.25 bits per heavy atom. The molecule has 0 aliphatic carbocycles. The van der Waals surface area contributed by atoms with Crippen LogP contribution in [0.3, 0.4) is 0 Å². The number of ether oxygens (including phenoxy) is 1. The maximum atomic E-state index is 9.62. The molecule has 12 heavy (non-hydrogen) atoms. The summed E-state index contributed by atoms with van der Waals surface area (Å²) in [6.45, 7) is 6.75. The van der Waals surface area contributed by atoms with Crippen molar-refractivity contribution in [2.24, 2.45) is 0 Å². The van der Waals surface area contributed by atoms with Crippen molar-refractivity contribution in [2.75, 3.05) is 33.2 Å². The maximum Gasteiger partial charge on any atom is 0.229 e. The van der Waals surface area contributed by atoms with E-state index in [0.29, 0.717) is 6.04 Å². The van der Waals surface area contributed by atoms with E-state index in [1.54, 1.807) is 0 Å². The highest BCUT2D eigenvalue weighted by atomic mass is 19.3. The highest BCUT2D eigenvalue weighted by Gasteiger charge is 2.11. The summed E-state index contributed by atoms with van der Waals surface area (Å²) in [6.07, 6.45) is 0. The summed E-state index contributed by atoms with van der Waals surface area (Å²) in [5.74, 6) is 0. The van der Waals surface area contributed by atoms with Gasteiger partial charge >= 0.3 is 0 Å². The van der Waals surface area contributed by atoms with Crippen molar-refractivity contribution < 1.29 is 13.5 Å². The fourth-order valence-corrected chi connectivity index (χ4v) is 1.09. The largest absolute Gasteiger partial charge is 0.379 e. The molecule has 0 N–H and O–H groups in total. The number of hydrogen-bond acceptors (Lipinski definition) is 2. The van der Waals surface area contributed by atoms with Gasteiger partial charge in [-0.2, -0.15) is 0 Å². The van der Waals surface area contributed by atoms with Gasteiger partial charge in [-0.15, -0.1) is 0 Å². The molecule has 0 unspecified atom stereocenters. The summed E-state index contributed by atoms with van der Waals surface area (Å²) in [7, 11) is 0. The van der Waals surface area contributed by atoms with Crippen LogP contribution in [0.25, 0.3) is 0 Å². The summed E-state index contributed by atoms with van der Waals surface area (Å²) < 4.78 is 24.5. The van der Waals surface area contributed by atoms with Crippen LogP contribution in [0, 0.1) is 0 Å². The molecular weight excluding hydrogens is 164 g/mol. The molecule has 0 spiro atoms. The molecule has 0 aromatic rings. The molecule has 1 fully saturated rings. The van der Waals surface area contributed by atoms with Gasteiger partial charge in [0, 0.05) is 19.1 Å². The number of rotatable bonds is 1. The Morgan fingerprint density at radius 3 is 1.92 bits per heavy atom. The Labute approximate surface area is 72.5 Å². The Balaban J connectivity index is 0.000000354. The zero-order chi connectivity index (χ0) is 9.40. The van der Waals surface area contributed by atoms with Crippen molar-refractivity contribution in [1.82, 2.24) is 4.90 Å². The van der Waals surface area contributed by atoms with Crippen LogP contribution >= 0.6 is 0 Å². The Kier molecular flexibility index (Phi) is 7.29. The number of alkyl halides is 2. The van der Waals surface area contributed by atoms with Crippen molar-refractivity contribution in [2.45, 2.75) is 19.9 Å². The molecule has 74 valence electrons. The van der Waals surface area contributed by atoms with E-state index in [1.807, 2.05) is 0 Å². The molecule has 0 aromatic heterocycles. The van der Waals surface area contributed by atoms with E-state index >= 15 is 0 Å². The third-order valence-electron chi connectivity index (χ3n) is 1.78. The van der Waals surface area contributed by atoms with Crippen molar-refractivity contribution in [3.05, 3.63) is 0 Å². The molecular formula is C8H17F2NO. The third-order valence-corrected chi connectivity index (χ3v) is 1.78. The van der Waals surface area contributed by atoms with Gasteiger partial charge in [-0.3, -0.25) is 4.90 Å². The first-order valence-corrected chi connectivity index (χ1v) is 4.16. The Bertz CT molecular complexity index is 95.1. The van der Waals surface area contributed by atoms with Gasteiger partial charge in [0.2, 0.25) is 6.93 Å².